The van der Waals surface area contributed by atoms with Crippen LogP contribution in [0.4, 0.5) is 0 Å². The molecular weight excluding hydrogens is 204 g/mol. The Bertz CT molecular complexity index is 339. The second-order valence-electron chi connectivity index (χ2n) is 4.69. The first-order chi connectivity index (χ1) is 7.06. The number of rotatable bonds is 3. The molecule has 0 saturated heterocycles. The van der Waals surface area contributed by atoms with Crippen LogP contribution >= 0.6 is 11.3 Å². The van der Waals surface area contributed by atoms with Crippen LogP contribution in [0.1, 0.15) is 41.1 Å². The summed E-state index contributed by atoms with van der Waals surface area (Å²) in [4.78, 5) is 2.84. The molecule has 0 aromatic carbocycles. The standard InChI is InChI=1S/C12H20N2S/c1-7-4-12(9(3)15-7)8(2)14-11-5-10(13)6-11/h4,8,10-11,14H,5-6,13H2,1-3H3. The molecule has 3 heteroatoms. The Hall–Kier alpha value is -0.380. The summed E-state index contributed by atoms with van der Waals surface area (Å²) in [6.07, 6.45) is 2.26. The van der Waals surface area contributed by atoms with Crippen molar-refractivity contribution in [2.45, 2.75) is 51.7 Å². The van der Waals surface area contributed by atoms with Gasteiger partial charge in [-0.25, -0.2) is 0 Å². The van der Waals surface area contributed by atoms with E-state index in [0.717, 1.165) is 12.8 Å². The average Bonchev–Trinajstić information content (AvgIpc) is 2.42. The summed E-state index contributed by atoms with van der Waals surface area (Å²) in [5.74, 6) is 0. The topological polar surface area (TPSA) is 38.0 Å². The largest absolute Gasteiger partial charge is 0.328 e. The van der Waals surface area contributed by atoms with Crippen molar-refractivity contribution < 1.29 is 0 Å². The van der Waals surface area contributed by atoms with Crippen LogP contribution in [0, 0.1) is 13.8 Å². The average molecular weight is 224 g/mol. The fourth-order valence-electron chi connectivity index (χ4n) is 2.32. The Morgan fingerprint density at radius 3 is 2.60 bits per heavy atom. The van der Waals surface area contributed by atoms with E-state index in [9.17, 15) is 0 Å². The molecule has 1 unspecified atom stereocenters. The number of nitrogens with two attached hydrogens (primary N) is 1. The normalized spacial score (nSPS) is 27.5. The SMILES string of the molecule is Cc1cc(C(C)NC2CC(N)C2)c(C)s1. The molecule has 0 bridgehead atoms. The maximum absolute atomic E-state index is 5.78. The summed E-state index contributed by atoms with van der Waals surface area (Å²) < 4.78 is 0. The van der Waals surface area contributed by atoms with Crippen molar-refractivity contribution in [3.8, 4) is 0 Å². The van der Waals surface area contributed by atoms with Crippen LogP contribution < -0.4 is 11.1 Å². The maximum atomic E-state index is 5.78. The third kappa shape index (κ3) is 2.41. The van der Waals surface area contributed by atoms with E-state index < -0.39 is 0 Å². The van der Waals surface area contributed by atoms with Crippen molar-refractivity contribution in [1.82, 2.24) is 5.32 Å². The van der Waals surface area contributed by atoms with E-state index >= 15 is 0 Å². The van der Waals surface area contributed by atoms with E-state index in [0.29, 0.717) is 18.1 Å². The zero-order valence-electron chi connectivity index (χ0n) is 9.71. The van der Waals surface area contributed by atoms with E-state index in [1.165, 1.54) is 15.3 Å². The zero-order chi connectivity index (χ0) is 11.0. The molecule has 1 fully saturated rings. The summed E-state index contributed by atoms with van der Waals surface area (Å²) in [6.45, 7) is 6.63. The van der Waals surface area contributed by atoms with Crippen molar-refractivity contribution in [3.63, 3.8) is 0 Å². The van der Waals surface area contributed by atoms with Crippen molar-refractivity contribution in [2.75, 3.05) is 0 Å². The quantitative estimate of drug-likeness (QED) is 0.828. The number of thiophene rings is 1. The Morgan fingerprint density at radius 2 is 2.13 bits per heavy atom. The molecule has 2 rings (SSSR count). The monoisotopic (exact) mass is 224 g/mol. The van der Waals surface area contributed by atoms with Gasteiger partial charge in [0.25, 0.3) is 0 Å². The molecule has 0 spiro atoms. The van der Waals surface area contributed by atoms with Crippen LogP contribution in [0.15, 0.2) is 6.07 Å². The second kappa shape index (κ2) is 4.24. The predicted molar refractivity (Wildman–Crippen MR) is 66.3 cm³/mol. The highest BCUT2D eigenvalue weighted by atomic mass is 32.1. The van der Waals surface area contributed by atoms with Crippen molar-refractivity contribution in [3.05, 3.63) is 21.4 Å². The van der Waals surface area contributed by atoms with Gasteiger partial charge in [0, 0.05) is 27.9 Å². The van der Waals surface area contributed by atoms with E-state index in [-0.39, 0.29) is 0 Å². The lowest BCUT2D eigenvalue weighted by Crippen LogP contribution is -2.49. The molecule has 1 heterocycles. The summed E-state index contributed by atoms with van der Waals surface area (Å²) in [5, 5.41) is 3.64. The number of nitrogens with one attached hydrogen (secondary N) is 1. The zero-order valence-corrected chi connectivity index (χ0v) is 10.5. The lowest BCUT2D eigenvalue weighted by molar-refractivity contribution is 0.272. The van der Waals surface area contributed by atoms with Crippen molar-refractivity contribution in [2.24, 2.45) is 5.73 Å². The van der Waals surface area contributed by atoms with Gasteiger partial charge in [-0.15, -0.1) is 11.3 Å². The van der Waals surface area contributed by atoms with Crippen LogP contribution in [0.5, 0.6) is 0 Å². The third-order valence-corrected chi connectivity index (χ3v) is 4.19. The fourth-order valence-corrected chi connectivity index (χ4v) is 3.34. The minimum absolute atomic E-state index is 0.431. The van der Waals surface area contributed by atoms with Crippen LogP contribution in [-0.2, 0) is 0 Å². The molecule has 1 aromatic rings. The maximum Gasteiger partial charge on any atom is 0.0305 e. The summed E-state index contributed by atoms with van der Waals surface area (Å²) >= 11 is 1.89. The van der Waals surface area contributed by atoms with E-state index in [1.54, 1.807) is 0 Å². The second-order valence-corrected chi connectivity index (χ2v) is 6.15. The Labute approximate surface area is 95.9 Å². The van der Waals surface area contributed by atoms with Gasteiger partial charge < -0.3 is 11.1 Å². The van der Waals surface area contributed by atoms with Gasteiger partial charge in [0.2, 0.25) is 0 Å². The number of hydrogen-bond donors (Lipinski definition) is 2. The Morgan fingerprint density at radius 1 is 1.47 bits per heavy atom. The number of hydrogen-bond acceptors (Lipinski definition) is 3. The predicted octanol–water partition coefficient (Wildman–Crippen LogP) is 2.51. The molecule has 1 saturated carbocycles. The third-order valence-electron chi connectivity index (χ3n) is 3.21. The van der Waals surface area contributed by atoms with Gasteiger partial charge in [-0.05, 0) is 45.2 Å². The lowest BCUT2D eigenvalue weighted by Gasteiger charge is -2.35. The van der Waals surface area contributed by atoms with Crippen LogP contribution in [0.25, 0.3) is 0 Å². The smallest absolute Gasteiger partial charge is 0.0305 e. The molecule has 3 N–H and O–H groups in total. The van der Waals surface area contributed by atoms with Crippen molar-refractivity contribution >= 4 is 11.3 Å². The molecular formula is C12H20N2S. The van der Waals surface area contributed by atoms with Crippen LogP contribution in [-0.4, -0.2) is 12.1 Å². The summed E-state index contributed by atoms with van der Waals surface area (Å²) in [5.41, 5.74) is 7.24. The first-order valence-electron chi connectivity index (χ1n) is 5.65. The number of aryl methyl sites for hydroxylation is 2. The molecule has 2 nitrogen and oxygen atoms in total. The van der Waals surface area contributed by atoms with Gasteiger partial charge in [-0.3, -0.25) is 0 Å². The molecule has 0 amide bonds. The van der Waals surface area contributed by atoms with Gasteiger partial charge in [0.1, 0.15) is 0 Å². The van der Waals surface area contributed by atoms with Gasteiger partial charge >= 0.3 is 0 Å². The highest BCUT2D eigenvalue weighted by molar-refractivity contribution is 7.12. The van der Waals surface area contributed by atoms with Gasteiger partial charge in [-0.1, -0.05) is 0 Å². The molecule has 0 radical (unpaired) electrons. The van der Waals surface area contributed by atoms with Gasteiger partial charge in [0.15, 0.2) is 0 Å². The van der Waals surface area contributed by atoms with Gasteiger partial charge in [0.05, 0.1) is 0 Å². The minimum Gasteiger partial charge on any atom is -0.328 e. The van der Waals surface area contributed by atoms with Crippen LogP contribution in [0.3, 0.4) is 0 Å². The van der Waals surface area contributed by atoms with Crippen molar-refractivity contribution in [1.29, 1.82) is 0 Å². The van der Waals surface area contributed by atoms with Crippen LogP contribution in [0.2, 0.25) is 0 Å². The highest BCUT2D eigenvalue weighted by Crippen LogP contribution is 2.28. The molecule has 84 valence electrons. The molecule has 1 atom stereocenters. The summed E-state index contributed by atoms with van der Waals surface area (Å²) in [7, 11) is 0. The Kier molecular flexibility index (Phi) is 3.14. The summed E-state index contributed by atoms with van der Waals surface area (Å²) in [6, 6.07) is 3.83. The molecule has 1 aliphatic carbocycles. The molecule has 1 aromatic heterocycles. The Balaban J connectivity index is 1.95. The molecule has 15 heavy (non-hydrogen) atoms. The minimum atomic E-state index is 0.431. The molecule has 0 aliphatic heterocycles. The van der Waals surface area contributed by atoms with Gasteiger partial charge in [-0.2, -0.15) is 0 Å². The van der Waals surface area contributed by atoms with E-state index in [1.807, 2.05) is 11.3 Å². The van der Waals surface area contributed by atoms with E-state index in [4.69, 9.17) is 5.73 Å². The lowest BCUT2D eigenvalue weighted by atomic mass is 9.87. The first-order valence-corrected chi connectivity index (χ1v) is 6.46. The van der Waals surface area contributed by atoms with E-state index in [2.05, 4.69) is 32.2 Å². The first kappa shape index (κ1) is 11.1. The highest BCUT2D eigenvalue weighted by Gasteiger charge is 2.27. The fraction of sp³-hybridized carbons (Fsp3) is 0.667. The molecule has 1 aliphatic rings.